The van der Waals surface area contributed by atoms with Crippen LogP contribution in [-0.2, 0) is 6.54 Å². The number of thiocarbonyl (C=S) groups is 1. The molecule has 0 heterocycles. The second kappa shape index (κ2) is 6.42. The zero-order valence-corrected chi connectivity index (χ0v) is 9.18. The molecule has 0 aromatic heterocycles. The first-order valence-electron chi connectivity index (χ1n) is 4.69. The molecule has 0 spiro atoms. The average molecular weight is 220 g/mol. The Balaban J connectivity index is 2.33. The van der Waals surface area contributed by atoms with Crippen LogP contribution in [0.4, 0.5) is 0 Å². The van der Waals surface area contributed by atoms with E-state index in [2.05, 4.69) is 10.6 Å². The Morgan fingerprint density at radius 2 is 2.20 bits per heavy atom. The summed E-state index contributed by atoms with van der Waals surface area (Å²) in [6, 6.07) is 7.60. The summed E-state index contributed by atoms with van der Waals surface area (Å²) in [4.78, 5) is 0. The van der Waals surface area contributed by atoms with Gasteiger partial charge in [0.25, 0.3) is 0 Å². The van der Waals surface area contributed by atoms with Crippen molar-refractivity contribution in [2.75, 3.05) is 13.2 Å². The van der Waals surface area contributed by atoms with Crippen LogP contribution in [-0.4, -0.2) is 31.2 Å². The molecule has 0 atom stereocenters. The highest BCUT2D eigenvalue weighted by Crippen LogP contribution is 1.94. The van der Waals surface area contributed by atoms with Gasteiger partial charge in [0.05, 0.1) is 6.61 Å². The number of aliphatic hydroxyl groups is 1. The van der Waals surface area contributed by atoms with Crippen LogP contribution in [0.3, 0.4) is 0 Å². The summed E-state index contributed by atoms with van der Waals surface area (Å²) in [6.07, 6.45) is 0. The molecule has 0 saturated carbocycles. The molecule has 0 aliphatic heterocycles. The van der Waals surface area contributed by atoms with Crippen LogP contribution in [0.2, 0.25) is 0 Å². The Labute approximate surface area is 96.3 Å². The maximum absolute atomic E-state index is 8.57. The molecular weight excluding hydrogens is 207 g/mol. The van der Waals surface area contributed by atoms with Gasteiger partial charge in [-0.2, -0.15) is 0 Å². The van der Waals surface area contributed by atoms with Gasteiger partial charge in [0, 0.05) is 13.1 Å². The molecular formula is C10H13BN2OS. The standard InChI is InChI=1S/C10H13BN2OS/c11-9-3-1-2-8(6-9)7-13-10(15)12-4-5-14/h1-3,6,14H,4-5,7H2,(H2,12,13,15). The molecule has 78 valence electrons. The minimum absolute atomic E-state index is 0.0695. The van der Waals surface area contributed by atoms with E-state index in [0.717, 1.165) is 11.0 Å². The largest absolute Gasteiger partial charge is 0.395 e. The van der Waals surface area contributed by atoms with Gasteiger partial charge in [-0.05, 0) is 17.8 Å². The monoisotopic (exact) mass is 220 g/mol. The fraction of sp³-hybridized carbons (Fsp3) is 0.300. The maximum atomic E-state index is 8.57. The van der Waals surface area contributed by atoms with E-state index in [1.165, 1.54) is 0 Å². The summed E-state index contributed by atoms with van der Waals surface area (Å²) in [7, 11) is 5.64. The lowest BCUT2D eigenvalue weighted by Gasteiger charge is -2.09. The van der Waals surface area contributed by atoms with Crippen molar-refractivity contribution in [1.29, 1.82) is 0 Å². The Bertz CT molecular complexity index is 333. The molecule has 0 aliphatic rings. The van der Waals surface area contributed by atoms with E-state index in [0.29, 0.717) is 18.2 Å². The molecule has 0 fully saturated rings. The van der Waals surface area contributed by atoms with Crippen LogP contribution in [0.15, 0.2) is 24.3 Å². The van der Waals surface area contributed by atoms with Crippen LogP contribution in [0.1, 0.15) is 5.56 Å². The van der Waals surface area contributed by atoms with E-state index >= 15 is 0 Å². The summed E-state index contributed by atoms with van der Waals surface area (Å²) in [5.74, 6) is 0. The van der Waals surface area contributed by atoms with Crippen molar-refractivity contribution < 1.29 is 5.11 Å². The van der Waals surface area contributed by atoms with Crippen molar-refractivity contribution in [2.45, 2.75) is 6.54 Å². The van der Waals surface area contributed by atoms with Crippen molar-refractivity contribution in [3.05, 3.63) is 29.8 Å². The molecule has 15 heavy (non-hydrogen) atoms. The molecule has 2 radical (unpaired) electrons. The van der Waals surface area contributed by atoms with Crippen molar-refractivity contribution in [3.8, 4) is 0 Å². The third-order valence-electron chi connectivity index (χ3n) is 1.80. The summed E-state index contributed by atoms with van der Waals surface area (Å²) in [6.45, 7) is 1.16. The zero-order chi connectivity index (χ0) is 11.1. The van der Waals surface area contributed by atoms with Gasteiger partial charge < -0.3 is 15.7 Å². The smallest absolute Gasteiger partial charge is 0.166 e. The van der Waals surface area contributed by atoms with Crippen LogP contribution >= 0.6 is 12.2 Å². The topological polar surface area (TPSA) is 44.3 Å². The number of hydrogen-bond acceptors (Lipinski definition) is 2. The fourth-order valence-corrected chi connectivity index (χ4v) is 1.29. The minimum atomic E-state index is 0.0695. The molecule has 1 aromatic carbocycles. The lowest BCUT2D eigenvalue weighted by atomic mass is 9.94. The van der Waals surface area contributed by atoms with Gasteiger partial charge >= 0.3 is 0 Å². The van der Waals surface area contributed by atoms with E-state index in [1.54, 1.807) is 0 Å². The Morgan fingerprint density at radius 1 is 1.40 bits per heavy atom. The SMILES string of the molecule is [B]c1cccc(CNC(=S)NCCO)c1. The highest BCUT2D eigenvalue weighted by molar-refractivity contribution is 7.80. The van der Waals surface area contributed by atoms with Gasteiger partial charge in [-0.3, -0.25) is 0 Å². The third-order valence-corrected chi connectivity index (χ3v) is 2.09. The molecule has 1 rings (SSSR count). The Kier molecular flexibility index (Phi) is 5.14. The van der Waals surface area contributed by atoms with Gasteiger partial charge in [-0.15, -0.1) is 0 Å². The van der Waals surface area contributed by atoms with Crippen LogP contribution < -0.4 is 16.1 Å². The quantitative estimate of drug-likeness (QED) is 0.470. The number of hydrogen-bond donors (Lipinski definition) is 3. The minimum Gasteiger partial charge on any atom is -0.395 e. The number of aliphatic hydroxyl groups excluding tert-OH is 1. The Morgan fingerprint density at radius 3 is 2.87 bits per heavy atom. The first-order chi connectivity index (χ1) is 7.22. The normalized spacial score (nSPS) is 9.67. The predicted octanol–water partition coefficient (Wildman–Crippen LogP) is -0.563. The summed E-state index contributed by atoms with van der Waals surface area (Å²) >= 11 is 4.99. The second-order valence-corrected chi connectivity index (χ2v) is 3.49. The summed E-state index contributed by atoms with van der Waals surface area (Å²) in [5.41, 5.74) is 1.81. The molecule has 0 bridgehead atoms. The van der Waals surface area contributed by atoms with Crippen molar-refractivity contribution in [1.82, 2.24) is 10.6 Å². The highest BCUT2D eigenvalue weighted by atomic mass is 32.1. The number of nitrogens with one attached hydrogen (secondary N) is 2. The molecule has 0 aliphatic carbocycles. The third kappa shape index (κ3) is 4.81. The lowest BCUT2D eigenvalue weighted by Crippen LogP contribution is -2.36. The van der Waals surface area contributed by atoms with Gasteiger partial charge in [-0.1, -0.05) is 29.7 Å². The van der Waals surface area contributed by atoms with Gasteiger partial charge in [0.15, 0.2) is 5.11 Å². The highest BCUT2D eigenvalue weighted by Gasteiger charge is 1.95. The van der Waals surface area contributed by atoms with Crippen LogP contribution in [0.5, 0.6) is 0 Å². The van der Waals surface area contributed by atoms with Crippen molar-refractivity contribution in [3.63, 3.8) is 0 Å². The van der Waals surface area contributed by atoms with Gasteiger partial charge in [0.1, 0.15) is 7.85 Å². The predicted molar refractivity (Wildman–Crippen MR) is 66.4 cm³/mol. The van der Waals surface area contributed by atoms with E-state index < -0.39 is 0 Å². The fourth-order valence-electron chi connectivity index (χ4n) is 1.12. The number of benzene rings is 1. The molecule has 3 nitrogen and oxygen atoms in total. The second-order valence-electron chi connectivity index (χ2n) is 3.08. The van der Waals surface area contributed by atoms with E-state index in [-0.39, 0.29) is 6.61 Å². The summed E-state index contributed by atoms with van der Waals surface area (Å²) in [5, 5.41) is 15.0. The van der Waals surface area contributed by atoms with Gasteiger partial charge in [-0.25, -0.2) is 0 Å². The summed E-state index contributed by atoms with van der Waals surface area (Å²) < 4.78 is 0. The molecule has 5 heteroatoms. The van der Waals surface area contributed by atoms with E-state index in [1.807, 2.05) is 24.3 Å². The van der Waals surface area contributed by atoms with Crippen LogP contribution in [0.25, 0.3) is 0 Å². The molecule has 0 amide bonds. The Hall–Kier alpha value is -1.07. The molecule has 3 N–H and O–H groups in total. The lowest BCUT2D eigenvalue weighted by molar-refractivity contribution is 0.300. The molecule has 0 saturated heterocycles. The van der Waals surface area contributed by atoms with E-state index in [4.69, 9.17) is 25.2 Å². The van der Waals surface area contributed by atoms with Crippen molar-refractivity contribution >= 4 is 30.6 Å². The first kappa shape index (κ1) is 12.0. The van der Waals surface area contributed by atoms with E-state index in [9.17, 15) is 0 Å². The van der Waals surface area contributed by atoms with Crippen LogP contribution in [0, 0.1) is 0 Å². The number of rotatable bonds is 4. The first-order valence-corrected chi connectivity index (χ1v) is 5.10. The van der Waals surface area contributed by atoms with Crippen molar-refractivity contribution in [2.24, 2.45) is 0 Å². The average Bonchev–Trinajstić information content (AvgIpc) is 2.23. The van der Waals surface area contributed by atoms with Gasteiger partial charge in [0.2, 0.25) is 0 Å². The zero-order valence-electron chi connectivity index (χ0n) is 8.36. The molecule has 0 unspecified atom stereocenters. The maximum Gasteiger partial charge on any atom is 0.166 e. The molecule has 1 aromatic rings.